The molecule has 0 radical (unpaired) electrons. The Morgan fingerprint density at radius 2 is 1.96 bits per heavy atom. The lowest BCUT2D eigenvalue weighted by atomic mass is 9.91. The van der Waals surface area contributed by atoms with Crippen LogP contribution in [0.4, 0.5) is 0 Å². The lowest BCUT2D eigenvalue weighted by molar-refractivity contribution is 0.503. The smallest absolute Gasteiger partial charge is 0.264 e. The van der Waals surface area contributed by atoms with E-state index in [1.807, 2.05) is 19.1 Å². The van der Waals surface area contributed by atoms with Gasteiger partial charge in [-0.15, -0.1) is 0 Å². The van der Waals surface area contributed by atoms with E-state index in [4.69, 9.17) is 0 Å². The third-order valence-corrected chi connectivity index (χ3v) is 6.63. The van der Waals surface area contributed by atoms with Crippen LogP contribution in [0.25, 0.3) is 0 Å². The van der Waals surface area contributed by atoms with Crippen LogP contribution in [0.2, 0.25) is 0 Å². The molecule has 1 aromatic rings. The van der Waals surface area contributed by atoms with Crippen LogP contribution in [0, 0.1) is 12.8 Å². The number of aryl methyl sites for hydroxylation is 1. The average molecular weight is 331 g/mol. The lowest BCUT2D eigenvalue weighted by Gasteiger charge is -2.27. The number of rotatable bonds is 5. The molecule has 1 aliphatic carbocycles. The minimum atomic E-state index is -3.44. The summed E-state index contributed by atoms with van der Waals surface area (Å²) in [7, 11) is -3.44. The number of benzene rings is 1. The second-order valence-electron chi connectivity index (χ2n) is 6.51. The molecule has 1 unspecified atom stereocenters. The van der Waals surface area contributed by atoms with E-state index in [1.54, 1.807) is 16.4 Å². The van der Waals surface area contributed by atoms with Gasteiger partial charge in [0.2, 0.25) is 0 Å². The topological polar surface area (TPSA) is 37.4 Å². The zero-order chi connectivity index (χ0) is 16.4. The number of hydrogen-bond acceptors (Lipinski definition) is 2. The lowest BCUT2D eigenvalue weighted by Crippen LogP contribution is -2.29. The number of sulfonamides is 1. The Kier molecular flexibility index (Phi) is 4.62. The summed E-state index contributed by atoms with van der Waals surface area (Å²) in [5.41, 5.74) is 3.45. The summed E-state index contributed by atoms with van der Waals surface area (Å²) in [4.78, 5) is 0.403. The van der Waals surface area contributed by atoms with E-state index in [1.165, 1.54) is 5.57 Å². The summed E-state index contributed by atoms with van der Waals surface area (Å²) in [6.45, 7) is 4.74. The van der Waals surface area contributed by atoms with Gasteiger partial charge in [-0.25, -0.2) is 8.42 Å². The van der Waals surface area contributed by atoms with E-state index in [-0.39, 0.29) is 5.92 Å². The van der Waals surface area contributed by atoms with Crippen LogP contribution in [0.1, 0.15) is 44.6 Å². The highest BCUT2D eigenvalue weighted by atomic mass is 32.2. The fourth-order valence-corrected chi connectivity index (χ4v) is 5.11. The van der Waals surface area contributed by atoms with Crippen LogP contribution in [-0.2, 0) is 10.0 Å². The fraction of sp³-hybridized carbons (Fsp3) is 0.474. The minimum Gasteiger partial charge on any atom is -0.270 e. The van der Waals surface area contributed by atoms with E-state index in [2.05, 4.69) is 19.1 Å². The first-order chi connectivity index (χ1) is 11.0. The van der Waals surface area contributed by atoms with Crippen molar-refractivity contribution in [3.63, 3.8) is 0 Å². The van der Waals surface area contributed by atoms with E-state index >= 15 is 0 Å². The van der Waals surface area contributed by atoms with Crippen LogP contribution >= 0.6 is 0 Å². The molecule has 2 aliphatic rings. The van der Waals surface area contributed by atoms with Crippen LogP contribution in [-0.4, -0.2) is 19.3 Å². The Morgan fingerprint density at radius 3 is 2.65 bits per heavy atom. The van der Waals surface area contributed by atoms with Gasteiger partial charge in [0.1, 0.15) is 0 Å². The highest BCUT2D eigenvalue weighted by Crippen LogP contribution is 2.40. The molecular formula is C19H25NO2S. The van der Waals surface area contributed by atoms with Crippen molar-refractivity contribution in [3.8, 4) is 0 Å². The van der Waals surface area contributed by atoms with Gasteiger partial charge in [0.05, 0.1) is 4.90 Å². The Labute approximate surface area is 139 Å². The van der Waals surface area contributed by atoms with Crippen molar-refractivity contribution >= 4 is 10.0 Å². The first-order valence-corrected chi connectivity index (χ1v) is 9.96. The van der Waals surface area contributed by atoms with Crippen molar-refractivity contribution in [2.45, 2.75) is 50.8 Å². The predicted octanol–water partition coefficient (Wildman–Crippen LogP) is 4.41. The van der Waals surface area contributed by atoms with Crippen LogP contribution in [0.5, 0.6) is 0 Å². The summed E-state index contributed by atoms with van der Waals surface area (Å²) in [6, 6.07) is 7.19. The third kappa shape index (κ3) is 3.09. The number of hydrogen-bond donors (Lipinski definition) is 0. The van der Waals surface area contributed by atoms with Crippen LogP contribution in [0.15, 0.2) is 52.6 Å². The summed E-state index contributed by atoms with van der Waals surface area (Å²) < 4.78 is 27.9. The molecule has 0 bridgehead atoms. The fourth-order valence-electron chi connectivity index (χ4n) is 3.51. The zero-order valence-corrected chi connectivity index (χ0v) is 14.8. The van der Waals surface area contributed by atoms with Gasteiger partial charge in [0, 0.05) is 18.2 Å². The van der Waals surface area contributed by atoms with Crippen molar-refractivity contribution < 1.29 is 8.42 Å². The second-order valence-corrected chi connectivity index (χ2v) is 8.37. The molecule has 23 heavy (non-hydrogen) atoms. The summed E-state index contributed by atoms with van der Waals surface area (Å²) >= 11 is 0. The molecule has 1 heterocycles. The van der Waals surface area contributed by atoms with Gasteiger partial charge >= 0.3 is 0 Å². The van der Waals surface area contributed by atoms with Gasteiger partial charge in [0.25, 0.3) is 10.0 Å². The Balaban J connectivity index is 1.98. The van der Waals surface area contributed by atoms with Crippen molar-refractivity contribution in [2.75, 3.05) is 6.54 Å². The quantitative estimate of drug-likeness (QED) is 0.750. The summed E-state index contributed by atoms with van der Waals surface area (Å²) in [5.74, 6) is 0.274. The Morgan fingerprint density at radius 1 is 1.22 bits per heavy atom. The summed E-state index contributed by atoms with van der Waals surface area (Å²) in [5, 5.41) is 0. The molecule has 1 atom stereocenters. The van der Waals surface area contributed by atoms with Crippen molar-refractivity contribution in [1.82, 2.24) is 4.31 Å². The highest BCUT2D eigenvalue weighted by Gasteiger charge is 2.37. The van der Waals surface area contributed by atoms with Gasteiger partial charge in [-0.3, -0.25) is 4.31 Å². The molecule has 0 saturated carbocycles. The molecule has 4 heteroatoms. The van der Waals surface area contributed by atoms with Crippen molar-refractivity contribution in [3.05, 3.63) is 53.3 Å². The highest BCUT2D eigenvalue weighted by molar-refractivity contribution is 7.89. The summed E-state index contributed by atoms with van der Waals surface area (Å²) in [6.07, 6.45) is 9.45. The van der Waals surface area contributed by atoms with E-state index in [0.717, 1.165) is 43.4 Å². The average Bonchev–Trinajstić information content (AvgIpc) is 2.98. The van der Waals surface area contributed by atoms with Gasteiger partial charge in [-0.1, -0.05) is 43.2 Å². The van der Waals surface area contributed by atoms with Crippen molar-refractivity contribution in [2.24, 2.45) is 5.92 Å². The van der Waals surface area contributed by atoms with Gasteiger partial charge in [-0.2, -0.15) is 0 Å². The molecule has 1 saturated heterocycles. The SMILES string of the molecule is CCCCC1=C2C(C=CC1)CCN2S(=O)(=O)c1ccc(C)cc1. The monoisotopic (exact) mass is 331 g/mol. The number of fused-ring (bicyclic) bond motifs is 1. The first kappa shape index (κ1) is 16.3. The second kappa shape index (κ2) is 6.52. The van der Waals surface area contributed by atoms with E-state index in [9.17, 15) is 8.42 Å². The maximum Gasteiger partial charge on any atom is 0.264 e. The van der Waals surface area contributed by atoms with E-state index in [0.29, 0.717) is 11.4 Å². The van der Waals surface area contributed by atoms with Gasteiger partial charge in [0.15, 0.2) is 0 Å². The number of allylic oxidation sites excluding steroid dienone is 3. The zero-order valence-electron chi connectivity index (χ0n) is 14.0. The predicted molar refractivity (Wildman–Crippen MR) is 93.5 cm³/mol. The largest absolute Gasteiger partial charge is 0.270 e. The van der Waals surface area contributed by atoms with Crippen LogP contribution < -0.4 is 0 Å². The molecule has 0 amide bonds. The normalized spacial score (nSPS) is 21.0. The van der Waals surface area contributed by atoms with Crippen molar-refractivity contribution in [1.29, 1.82) is 0 Å². The minimum absolute atomic E-state index is 0.274. The maximum absolute atomic E-state index is 13.1. The first-order valence-electron chi connectivity index (χ1n) is 8.52. The molecule has 3 rings (SSSR count). The molecule has 124 valence electrons. The molecule has 1 fully saturated rings. The maximum atomic E-state index is 13.1. The number of unbranched alkanes of at least 4 members (excludes halogenated alkanes) is 1. The van der Waals surface area contributed by atoms with Crippen LogP contribution in [0.3, 0.4) is 0 Å². The molecule has 3 nitrogen and oxygen atoms in total. The third-order valence-electron chi connectivity index (χ3n) is 4.80. The molecule has 0 aromatic heterocycles. The standard InChI is InChI=1S/C19H25NO2S/c1-3-4-6-16-7-5-8-17-13-14-20(19(16)17)23(21,22)18-11-9-15(2)10-12-18/h5,8-12,17H,3-4,6-7,13-14H2,1-2H3. The van der Waals surface area contributed by atoms with Gasteiger partial charge in [-0.05, 0) is 50.3 Å². The Hall–Kier alpha value is -1.55. The molecule has 0 spiro atoms. The Bertz CT molecular complexity index is 729. The molecule has 0 N–H and O–H groups in total. The van der Waals surface area contributed by atoms with Gasteiger partial charge < -0.3 is 0 Å². The molecule has 1 aromatic carbocycles. The molecule has 1 aliphatic heterocycles. The molecular weight excluding hydrogens is 306 g/mol. The van der Waals surface area contributed by atoms with E-state index < -0.39 is 10.0 Å². The number of nitrogens with zero attached hydrogens (tertiary/aromatic N) is 1.